The van der Waals surface area contributed by atoms with Gasteiger partial charge in [-0.1, -0.05) is 30.3 Å². The van der Waals surface area contributed by atoms with Gasteiger partial charge in [0.05, 0.1) is 29.7 Å². The Morgan fingerprint density at radius 2 is 1.88 bits per heavy atom. The van der Waals surface area contributed by atoms with Gasteiger partial charge in [-0.2, -0.15) is 0 Å². The fourth-order valence-corrected chi connectivity index (χ4v) is 3.89. The molecule has 0 bridgehead atoms. The topological polar surface area (TPSA) is 46.6 Å². The summed E-state index contributed by atoms with van der Waals surface area (Å²) in [6.07, 6.45) is 0. The van der Waals surface area contributed by atoms with Crippen LogP contribution in [0.3, 0.4) is 0 Å². The molecule has 0 aliphatic carbocycles. The average molecular weight is 341 g/mol. The van der Waals surface area contributed by atoms with E-state index in [1.54, 1.807) is 17.0 Å². The molecule has 0 atom stereocenters. The third-order valence-corrected chi connectivity index (χ3v) is 5.23. The maximum atomic E-state index is 13.0. The molecule has 1 heterocycles. The normalized spacial score (nSPS) is 15.8. The van der Waals surface area contributed by atoms with Crippen LogP contribution in [0, 0.1) is 0 Å². The highest BCUT2D eigenvalue weighted by Gasteiger charge is 2.40. The fraction of sp³-hybridized carbons (Fsp3) is 0.263. The molecule has 1 aliphatic rings. The molecule has 0 saturated carbocycles. The van der Waals surface area contributed by atoms with Gasteiger partial charge in [0.2, 0.25) is 5.91 Å². The number of nitrogens with zero attached hydrogens (tertiary/aromatic N) is 1. The monoisotopic (exact) mass is 341 g/mol. The van der Waals surface area contributed by atoms with Crippen LogP contribution < -0.4 is 4.90 Å². The lowest BCUT2D eigenvalue weighted by Gasteiger charge is -2.38. The minimum absolute atomic E-state index is 0.0332. The number of ether oxygens (including phenoxy) is 1. The number of fused-ring (bicyclic) bond motifs is 1. The van der Waals surface area contributed by atoms with Gasteiger partial charge in [-0.15, -0.1) is 11.8 Å². The molecule has 0 saturated heterocycles. The van der Waals surface area contributed by atoms with Gasteiger partial charge in [-0.25, -0.2) is 4.79 Å². The van der Waals surface area contributed by atoms with Gasteiger partial charge < -0.3 is 9.64 Å². The Kier molecular flexibility index (Phi) is 4.37. The van der Waals surface area contributed by atoms with E-state index in [4.69, 9.17) is 4.74 Å². The summed E-state index contributed by atoms with van der Waals surface area (Å²) in [4.78, 5) is 27.5. The highest BCUT2D eigenvalue weighted by atomic mass is 32.2. The Morgan fingerprint density at radius 1 is 1.17 bits per heavy atom. The van der Waals surface area contributed by atoms with E-state index in [2.05, 4.69) is 0 Å². The summed E-state index contributed by atoms with van der Waals surface area (Å²) in [6, 6.07) is 15.2. The number of benzene rings is 2. The zero-order valence-electron chi connectivity index (χ0n) is 13.9. The van der Waals surface area contributed by atoms with Crippen LogP contribution in [0.4, 0.5) is 5.69 Å². The molecule has 0 spiro atoms. The second-order valence-corrected chi connectivity index (χ2v) is 7.83. The van der Waals surface area contributed by atoms with Crippen LogP contribution in [0.15, 0.2) is 53.4 Å². The summed E-state index contributed by atoms with van der Waals surface area (Å²) in [5.74, 6) is -0.370. The van der Waals surface area contributed by atoms with Crippen molar-refractivity contribution in [3.05, 3.63) is 59.7 Å². The van der Waals surface area contributed by atoms with Crippen LogP contribution in [0.2, 0.25) is 0 Å². The largest absolute Gasteiger partial charge is 0.465 e. The van der Waals surface area contributed by atoms with Gasteiger partial charge in [0.1, 0.15) is 0 Å². The van der Waals surface area contributed by atoms with E-state index in [1.807, 2.05) is 50.2 Å². The summed E-state index contributed by atoms with van der Waals surface area (Å²) in [5.41, 5.74) is 2.25. The maximum Gasteiger partial charge on any atom is 0.337 e. The van der Waals surface area contributed by atoms with Crippen molar-refractivity contribution in [3.8, 4) is 0 Å². The van der Waals surface area contributed by atoms with E-state index in [0.29, 0.717) is 12.1 Å². The smallest absolute Gasteiger partial charge is 0.337 e. The molecule has 0 N–H and O–H groups in total. The Bertz CT molecular complexity index is 786. The standard InChI is InChI=1S/C19H19NO3S/c1-19(2)18(22)20(12-13-7-5-4-6-8-13)15-11-14(17(21)23-3)9-10-16(15)24-19/h4-11H,12H2,1-3H3. The first-order valence-electron chi connectivity index (χ1n) is 7.69. The van der Waals surface area contributed by atoms with E-state index in [-0.39, 0.29) is 5.91 Å². The third-order valence-electron chi connectivity index (χ3n) is 3.98. The Balaban J connectivity index is 2.06. The number of methoxy groups -OCH3 is 1. The molecular weight excluding hydrogens is 322 g/mol. The first kappa shape index (κ1) is 16.6. The lowest BCUT2D eigenvalue weighted by atomic mass is 10.1. The SMILES string of the molecule is COC(=O)c1ccc2c(c1)N(Cc1ccccc1)C(=O)C(C)(C)S2. The minimum atomic E-state index is -0.547. The predicted molar refractivity (Wildman–Crippen MR) is 95.3 cm³/mol. The highest BCUT2D eigenvalue weighted by Crippen LogP contribution is 2.45. The first-order valence-corrected chi connectivity index (χ1v) is 8.51. The van der Waals surface area contributed by atoms with Crippen LogP contribution >= 0.6 is 11.8 Å². The van der Waals surface area contributed by atoms with Crippen molar-refractivity contribution in [3.63, 3.8) is 0 Å². The third kappa shape index (κ3) is 3.04. The highest BCUT2D eigenvalue weighted by molar-refractivity contribution is 8.01. The molecule has 2 aromatic carbocycles. The van der Waals surface area contributed by atoms with E-state index in [0.717, 1.165) is 16.1 Å². The summed E-state index contributed by atoms with van der Waals surface area (Å²) in [6.45, 7) is 4.32. The van der Waals surface area contributed by atoms with Gasteiger partial charge in [0, 0.05) is 4.90 Å². The molecule has 0 aromatic heterocycles. The van der Waals surface area contributed by atoms with E-state index in [1.165, 1.54) is 18.9 Å². The Hall–Kier alpha value is -2.27. The lowest BCUT2D eigenvalue weighted by Crippen LogP contribution is -2.46. The van der Waals surface area contributed by atoms with Gasteiger partial charge in [0.25, 0.3) is 0 Å². The molecule has 5 heteroatoms. The van der Waals surface area contributed by atoms with Crippen LogP contribution in [0.5, 0.6) is 0 Å². The van der Waals surface area contributed by atoms with Crippen molar-refractivity contribution in [2.45, 2.75) is 30.0 Å². The van der Waals surface area contributed by atoms with E-state index < -0.39 is 10.7 Å². The van der Waals surface area contributed by atoms with E-state index >= 15 is 0 Å². The van der Waals surface area contributed by atoms with Crippen molar-refractivity contribution in [2.24, 2.45) is 0 Å². The van der Waals surface area contributed by atoms with Gasteiger partial charge in [0.15, 0.2) is 0 Å². The van der Waals surface area contributed by atoms with Crippen molar-refractivity contribution in [2.75, 3.05) is 12.0 Å². The quantitative estimate of drug-likeness (QED) is 0.795. The molecule has 1 amide bonds. The molecular formula is C19H19NO3S. The fourth-order valence-electron chi connectivity index (χ4n) is 2.74. The molecule has 1 aliphatic heterocycles. The molecule has 0 fully saturated rings. The van der Waals surface area contributed by atoms with Crippen LogP contribution in [-0.2, 0) is 16.1 Å². The average Bonchev–Trinajstić information content (AvgIpc) is 2.58. The molecule has 0 unspecified atom stereocenters. The summed E-state index contributed by atoms with van der Waals surface area (Å²) in [7, 11) is 1.35. The number of thioether (sulfide) groups is 1. The van der Waals surface area contributed by atoms with Gasteiger partial charge in [-0.05, 0) is 37.6 Å². The van der Waals surface area contributed by atoms with Crippen molar-refractivity contribution < 1.29 is 14.3 Å². The van der Waals surface area contributed by atoms with Crippen molar-refractivity contribution >= 4 is 29.3 Å². The Labute approximate surface area is 145 Å². The van der Waals surface area contributed by atoms with Crippen molar-refractivity contribution in [1.29, 1.82) is 0 Å². The number of rotatable bonds is 3. The Morgan fingerprint density at radius 3 is 2.54 bits per heavy atom. The van der Waals surface area contributed by atoms with Crippen LogP contribution in [-0.4, -0.2) is 23.7 Å². The lowest BCUT2D eigenvalue weighted by molar-refractivity contribution is -0.120. The number of esters is 1. The van der Waals surface area contributed by atoms with E-state index in [9.17, 15) is 9.59 Å². The molecule has 124 valence electrons. The number of hydrogen-bond acceptors (Lipinski definition) is 4. The number of carbonyl (C=O) groups is 2. The summed E-state index contributed by atoms with van der Waals surface area (Å²) < 4.78 is 4.25. The first-order chi connectivity index (χ1) is 11.4. The second-order valence-electron chi connectivity index (χ2n) is 6.16. The number of amides is 1. The molecule has 3 rings (SSSR count). The number of anilines is 1. The number of hydrogen-bond donors (Lipinski definition) is 0. The number of carbonyl (C=O) groups excluding carboxylic acids is 2. The summed E-state index contributed by atoms with van der Waals surface area (Å²) >= 11 is 1.52. The maximum absolute atomic E-state index is 13.0. The molecule has 2 aromatic rings. The van der Waals surface area contributed by atoms with Gasteiger partial charge >= 0.3 is 5.97 Å². The molecule has 0 radical (unpaired) electrons. The zero-order chi connectivity index (χ0) is 17.3. The van der Waals surface area contributed by atoms with Crippen molar-refractivity contribution in [1.82, 2.24) is 0 Å². The molecule has 4 nitrogen and oxygen atoms in total. The van der Waals surface area contributed by atoms with Crippen LogP contribution in [0.1, 0.15) is 29.8 Å². The van der Waals surface area contributed by atoms with Crippen LogP contribution in [0.25, 0.3) is 0 Å². The molecule has 24 heavy (non-hydrogen) atoms. The zero-order valence-corrected chi connectivity index (χ0v) is 14.7. The van der Waals surface area contributed by atoms with Gasteiger partial charge in [-0.3, -0.25) is 4.79 Å². The second kappa shape index (κ2) is 6.32. The predicted octanol–water partition coefficient (Wildman–Crippen LogP) is 3.89. The summed E-state index contributed by atoms with van der Waals surface area (Å²) in [5, 5.41) is 0. The minimum Gasteiger partial charge on any atom is -0.465 e.